The molecule has 22 heavy (non-hydrogen) atoms. The number of hydrogen-bond acceptors (Lipinski definition) is 3. The van der Waals surface area contributed by atoms with Crippen LogP contribution in [-0.4, -0.2) is 44.8 Å². The molecule has 0 fully saturated rings. The van der Waals surface area contributed by atoms with E-state index in [4.69, 9.17) is 16.7 Å². The van der Waals surface area contributed by atoms with Gasteiger partial charge in [0.1, 0.15) is 6.04 Å². The molecule has 0 aliphatic carbocycles. The monoisotopic (exact) mass is 321 g/mol. The van der Waals surface area contributed by atoms with E-state index in [1.807, 2.05) is 0 Å². The molecule has 1 unspecified atom stereocenters. The zero-order valence-electron chi connectivity index (χ0n) is 12.4. The molecule has 1 N–H and O–H groups in total. The molecule has 2 rings (SSSR count). The van der Waals surface area contributed by atoms with Gasteiger partial charge in [0.25, 0.3) is 5.91 Å². The topological polar surface area (TPSA) is 75.4 Å². The van der Waals surface area contributed by atoms with Crippen molar-refractivity contribution >= 4 is 23.5 Å². The second-order valence-electron chi connectivity index (χ2n) is 4.96. The summed E-state index contributed by atoms with van der Waals surface area (Å²) in [4.78, 5) is 24.6. The van der Waals surface area contributed by atoms with Gasteiger partial charge in [-0.1, -0.05) is 11.6 Å². The number of likely N-dealkylation sites (N-methyl/N-ethyl adjacent to an activating group) is 1. The number of aromatic nitrogens is 2. The van der Waals surface area contributed by atoms with Crippen molar-refractivity contribution in [1.82, 2.24) is 14.7 Å². The molecule has 2 aromatic rings. The van der Waals surface area contributed by atoms with E-state index < -0.39 is 12.0 Å². The van der Waals surface area contributed by atoms with E-state index in [9.17, 15) is 9.59 Å². The fraction of sp³-hybridized carbons (Fsp3) is 0.267. The molecule has 0 aliphatic rings. The molecule has 0 saturated heterocycles. The lowest BCUT2D eigenvalue weighted by Crippen LogP contribution is -2.40. The second kappa shape index (κ2) is 6.19. The Morgan fingerprint density at radius 1 is 1.32 bits per heavy atom. The molecule has 1 aromatic heterocycles. The third kappa shape index (κ3) is 2.96. The number of benzene rings is 1. The number of carboxylic acid groups (broad SMARTS) is 1. The quantitative estimate of drug-likeness (QED) is 0.938. The van der Waals surface area contributed by atoms with Gasteiger partial charge in [0.05, 0.1) is 23.1 Å². The van der Waals surface area contributed by atoms with Crippen molar-refractivity contribution in [2.75, 3.05) is 7.05 Å². The largest absolute Gasteiger partial charge is 0.480 e. The van der Waals surface area contributed by atoms with Crippen LogP contribution in [0.5, 0.6) is 0 Å². The number of hydrogen-bond donors (Lipinski definition) is 1. The molecule has 6 nitrogen and oxygen atoms in total. The molecule has 0 bridgehead atoms. The SMILES string of the molecule is Cc1c(C(=O)N(C)C(C)C(=O)O)cnn1-c1ccc(Cl)cc1. The van der Waals surface area contributed by atoms with Crippen LogP contribution in [0.15, 0.2) is 30.5 Å². The van der Waals surface area contributed by atoms with E-state index >= 15 is 0 Å². The van der Waals surface area contributed by atoms with Crippen LogP contribution in [0.1, 0.15) is 23.0 Å². The second-order valence-corrected chi connectivity index (χ2v) is 5.40. The first kappa shape index (κ1) is 16.0. The minimum absolute atomic E-state index is 0.366. The number of nitrogens with zero attached hydrogens (tertiary/aromatic N) is 3. The van der Waals surface area contributed by atoms with Gasteiger partial charge in [0, 0.05) is 12.1 Å². The Labute approximate surface area is 132 Å². The van der Waals surface area contributed by atoms with E-state index in [0.717, 1.165) is 5.69 Å². The maximum atomic E-state index is 12.4. The Morgan fingerprint density at radius 3 is 2.45 bits per heavy atom. The number of halogens is 1. The Bertz CT molecular complexity index is 709. The minimum Gasteiger partial charge on any atom is -0.480 e. The van der Waals surface area contributed by atoms with E-state index in [0.29, 0.717) is 16.3 Å². The first-order valence-electron chi connectivity index (χ1n) is 6.63. The number of carbonyl (C=O) groups excluding carboxylic acids is 1. The third-order valence-electron chi connectivity index (χ3n) is 3.57. The number of carbonyl (C=O) groups is 2. The van der Waals surface area contributed by atoms with Crippen LogP contribution in [0.3, 0.4) is 0 Å². The lowest BCUT2D eigenvalue weighted by molar-refractivity contribution is -0.141. The van der Waals surface area contributed by atoms with Crippen molar-refractivity contribution in [2.45, 2.75) is 19.9 Å². The molecule has 7 heteroatoms. The molecule has 1 aromatic carbocycles. The van der Waals surface area contributed by atoms with Crippen molar-refractivity contribution in [1.29, 1.82) is 0 Å². The van der Waals surface area contributed by atoms with E-state index in [-0.39, 0.29) is 5.91 Å². The summed E-state index contributed by atoms with van der Waals surface area (Å²) in [6.45, 7) is 3.22. The highest BCUT2D eigenvalue weighted by Gasteiger charge is 2.25. The van der Waals surface area contributed by atoms with Gasteiger partial charge in [-0.25, -0.2) is 9.48 Å². The van der Waals surface area contributed by atoms with Crippen LogP contribution < -0.4 is 0 Å². The summed E-state index contributed by atoms with van der Waals surface area (Å²) in [6.07, 6.45) is 1.44. The van der Waals surface area contributed by atoms with Gasteiger partial charge in [0.2, 0.25) is 0 Å². The first-order chi connectivity index (χ1) is 10.3. The molecule has 0 radical (unpaired) electrons. The average Bonchev–Trinajstić information content (AvgIpc) is 2.87. The average molecular weight is 322 g/mol. The van der Waals surface area contributed by atoms with Crippen molar-refractivity contribution in [3.05, 3.63) is 46.7 Å². The predicted octanol–water partition coefficient (Wildman–Crippen LogP) is 2.38. The normalized spacial score (nSPS) is 12.0. The van der Waals surface area contributed by atoms with Gasteiger partial charge in [-0.15, -0.1) is 0 Å². The van der Waals surface area contributed by atoms with Crippen LogP contribution in [-0.2, 0) is 4.79 Å². The summed E-state index contributed by atoms with van der Waals surface area (Å²) in [5, 5.41) is 13.8. The van der Waals surface area contributed by atoms with Gasteiger partial charge in [-0.2, -0.15) is 5.10 Å². The molecular weight excluding hydrogens is 306 g/mol. The zero-order valence-corrected chi connectivity index (χ0v) is 13.2. The van der Waals surface area contributed by atoms with Crippen molar-refractivity contribution in [3.63, 3.8) is 0 Å². The summed E-state index contributed by atoms with van der Waals surface area (Å²) >= 11 is 5.85. The van der Waals surface area contributed by atoms with Crippen LogP contribution in [0.4, 0.5) is 0 Å². The fourth-order valence-corrected chi connectivity index (χ4v) is 2.12. The van der Waals surface area contributed by atoms with Crippen LogP contribution in [0.25, 0.3) is 5.69 Å². The van der Waals surface area contributed by atoms with Crippen LogP contribution in [0, 0.1) is 6.92 Å². The number of aliphatic carboxylic acids is 1. The summed E-state index contributed by atoms with van der Waals surface area (Å²) in [5.74, 6) is -1.44. The lowest BCUT2D eigenvalue weighted by Gasteiger charge is -2.21. The van der Waals surface area contributed by atoms with Gasteiger partial charge in [-0.05, 0) is 38.1 Å². The maximum absolute atomic E-state index is 12.4. The fourth-order valence-electron chi connectivity index (χ4n) is 1.99. The molecule has 1 atom stereocenters. The van der Waals surface area contributed by atoms with E-state index in [1.54, 1.807) is 35.9 Å². The first-order valence-corrected chi connectivity index (χ1v) is 7.01. The Kier molecular flexibility index (Phi) is 4.51. The zero-order chi connectivity index (χ0) is 16.4. The molecule has 1 heterocycles. The van der Waals surface area contributed by atoms with Crippen molar-refractivity contribution < 1.29 is 14.7 Å². The molecule has 116 valence electrons. The van der Waals surface area contributed by atoms with Gasteiger partial charge >= 0.3 is 5.97 Å². The van der Waals surface area contributed by atoms with Gasteiger partial charge in [-0.3, -0.25) is 4.79 Å². The minimum atomic E-state index is -1.06. The smallest absolute Gasteiger partial charge is 0.326 e. The highest BCUT2D eigenvalue weighted by molar-refractivity contribution is 6.30. The van der Waals surface area contributed by atoms with E-state index in [2.05, 4.69) is 5.10 Å². The standard InChI is InChI=1S/C15H16ClN3O3/c1-9-13(14(20)18(3)10(2)15(21)22)8-17-19(9)12-6-4-11(16)5-7-12/h4-8,10H,1-3H3,(H,21,22). The highest BCUT2D eigenvalue weighted by Crippen LogP contribution is 2.18. The summed E-state index contributed by atoms with van der Waals surface area (Å²) in [7, 11) is 1.46. The summed E-state index contributed by atoms with van der Waals surface area (Å²) in [5.41, 5.74) is 1.78. The number of carboxylic acids is 1. The molecular formula is C15H16ClN3O3. The third-order valence-corrected chi connectivity index (χ3v) is 3.82. The summed E-state index contributed by atoms with van der Waals surface area (Å²) in [6, 6.07) is 6.14. The van der Waals surface area contributed by atoms with Crippen molar-refractivity contribution in [3.8, 4) is 5.69 Å². The van der Waals surface area contributed by atoms with E-state index in [1.165, 1.54) is 25.1 Å². The van der Waals surface area contributed by atoms with Crippen molar-refractivity contribution in [2.24, 2.45) is 0 Å². The van der Waals surface area contributed by atoms with Gasteiger partial charge < -0.3 is 10.0 Å². The van der Waals surface area contributed by atoms with Crippen LogP contribution >= 0.6 is 11.6 Å². The Balaban J connectivity index is 2.33. The Hall–Kier alpha value is -2.34. The lowest BCUT2D eigenvalue weighted by atomic mass is 10.2. The predicted molar refractivity (Wildman–Crippen MR) is 82.5 cm³/mol. The molecule has 0 saturated carbocycles. The molecule has 0 aliphatic heterocycles. The van der Waals surface area contributed by atoms with Gasteiger partial charge in [0.15, 0.2) is 0 Å². The number of amides is 1. The Morgan fingerprint density at radius 2 is 1.91 bits per heavy atom. The molecule has 1 amide bonds. The number of rotatable bonds is 4. The summed E-state index contributed by atoms with van der Waals surface area (Å²) < 4.78 is 1.61. The maximum Gasteiger partial charge on any atom is 0.326 e. The molecule has 0 spiro atoms. The van der Waals surface area contributed by atoms with Crippen LogP contribution in [0.2, 0.25) is 5.02 Å². The highest BCUT2D eigenvalue weighted by atomic mass is 35.5.